The summed E-state index contributed by atoms with van der Waals surface area (Å²) in [6.45, 7) is 7.79. The summed E-state index contributed by atoms with van der Waals surface area (Å²) in [7, 11) is 0. The number of benzene rings is 1. The van der Waals surface area contributed by atoms with Crippen molar-refractivity contribution in [2.24, 2.45) is 0 Å². The topological polar surface area (TPSA) is 30.5 Å². The summed E-state index contributed by atoms with van der Waals surface area (Å²) in [6.07, 6.45) is -3.64. The van der Waals surface area contributed by atoms with Crippen molar-refractivity contribution >= 4 is 0 Å². The minimum Gasteiger partial charge on any atom is -0.489 e. The van der Waals surface area contributed by atoms with Crippen LogP contribution in [0.3, 0.4) is 0 Å². The molecule has 1 aromatic carbocycles. The first-order valence-corrected chi connectivity index (χ1v) is 6.26. The van der Waals surface area contributed by atoms with Crippen molar-refractivity contribution in [3.05, 3.63) is 36.4 Å². The number of hydrogen-bond acceptors (Lipinski definition) is 3. The maximum Gasteiger partial charge on any atom is 0.573 e. The lowest BCUT2D eigenvalue weighted by atomic mass is 10.3. The van der Waals surface area contributed by atoms with Crippen LogP contribution >= 0.6 is 0 Å². The molecule has 0 aliphatic heterocycles. The van der Waals surface area contributed by atoms with Crippen LogP contribution in [-0.2, 0) is 0 Å². The summed E-state index contributed by atoms with van der Waals surface area (Å²) < 4.78 is 45.1. The second kappa shape index (κ2) is 7.79. The van der Waals surface area contributed by atoms with E-state index in [2.05, 4.69) is 23.6 Å². The van der Waals surface area contributed by atoms with Crippen molar-refractivity contribution in [1.29, 1.82) is 0 Å². The number of ether oxygens (including phenoxy) is 2. The van der Waals surface area contributed by atoms with Gasteiger partial charge in [-0.05, 0) is 42.8 Å². The average molecular weight is 289 g/mol. The van der Waals surface area contributed by atoms with Crippen molar-refractivity contribution < 1.29 is 22.6 Å². The zero-order valence-corrected chi connectivity index (χ0v) is 11.3. The average Bonchev–Trinajstić information content (AvgIpc) is 2.36. The van der Waals surface area contributed by atoms with Gasteiger partial charge in [-0.25, -0.2) is 0 Å². The van der Waals surface area contributed by atoms with Crippen molar-refractivity contribution in [1.82, 2.24) is 5.32 Å². The Bertz CT molecular complexity index is 415. The second-order valence-electron chi connectivity index (χ2n) is 4.23. The van der Waals surface area contributed by atoms with Gasteiger partial charge in [-0.1, -0.05) is 13.5 Å². The maximum atomic E-state index is 12.0. The lowest BCUT2D eigenvalue weighted by molar-refractivity contribution is -0.274. The number of nitrogens with one attached hydrogen (secondary N) is 1. The van der Waals surface area contributed by atoms with Crippen molar-refractivity contribution in [2.75, 3.05) is 19.7 Å². The van der Waals surface area contributed by atoms with Crippen LogP contribution in [0, 0.1) is 0 Å². The Balaban J connectivity index is 2.36. The SMILES string of the molecule is C=C(CNCCC)COc1ccc(OC(F)(F)F)cc1. The van der Waals surface area contributed by atoms with Gasteiger partial charge in [-0.3, -0.25) is 0 Å². The molecule has 1 rings (SSSR count). The Labute approximate surface area is 116 Å². The van der Waals surface area contributed by atoms with Gasteiger partial charge in [0, 0.05) is 6.54 Å². The quantitative estimate of drug-likeness (QED) is 0.586. The van der Waals surface area contributed by atoms with E-state index in [1.807, 2.05) is 0 Å². The van der Waals surface area contributed by atoms with Gasteiger partial charge in [0.2, 0.25) is 0 Å². The van der Waals surface area contributed by atoms with Gasteiger partial charge in [-0.15, -0.1) is 13.2 Å². The highest BCUT2D eigenvalue weighted by Gasteiger charge is 2.30. The van der Waals surface area contributed by atoms with E-state index in [1.165, 1.54) is 24.3 Å². The molecule has 0 fully saturated rings. The molecule has 0 heterocycles. The smallest absolute Gasteiger partial charge is 0.489 e. The molecule has 0 radical (unpaired) electrons. The van der Waals surface area contributed by atoms with E-state index in [0.717, 1.165) is 18.5 Å². The van der Waals surface area contributed by atoms with Gasteiger partial charge in [-0.2, -0.15) is 0 Å². The number of halogens is 3. The third kappa shape index (κ3) is 7.04. The Morgan fingerprint density at radius 1 is 1.20 bits per heavy atom. The minimum absolute atomic E-state index is 0.270. The molecule has 0 aliphatic rings. The van der Waals surface area contributed by atoms with Crippen molar-refractivity contribution in [3.63, 3.8) is 0 Å². The molecule has 0 aliphatic carbocycles. The highest BCUT2D eigenvalue weighted by molar-refractivity contribution is 5.31. The number of alkyl halides is 3. The Morgan fingerprint density at radius 3 is 2.35 bits per heavy atom. The van der Waals surface area contributed by atoms with Crippen molar-refractivity contribution in [3.8, 4) is 11.5 Å². The first-order valence-electron chi connectivity index (χ1n) is 6.26. The van der Waals surface area contributed by atoms with Gasteiger partial charge < -0.3 is 14.8 Å². The Kier molecular flexibility index (Phi) is 6.38. The highest BCUT2D eigenvalue weighted by atomic mass is 19.4. The molecule has 0 aromatic heterocycles. The molecule has 0 atom stereocenters. The molecule has 1 aromatic rings. The third-order valence-corrected chi connectivity index (χ3v) is 2.30. The molecular formula is C14H18F3NO2. The standard InChI is InChI=1S/C14H18F3NO2/c1-3-8-18-9-11(2)10-19-12-4-6-13(7-5-12)20-14(15,16)17/h4-7,18H,2-3,8-10H2,1H3. The van der Waals surface area contributed by atoms with E-state index in [4.69, 9.17) is 4.74 Å². The molecule has 0 saturated carbocycles. The predicted molar refractivity (Wildman–Crippen MR) is 70.9 cm³/mol. The van der Waals surface area contributed by atoms with Crippen LogP contribution in [0.25, 0.3) is 0 Å². The number of rotatable bonds is 8. The van der Waals surface area contributed by atoms with Crippen LogP contribution in [0.2, 0.25) is 0 Å². The molecule has 112 valence electrons. The molecule has 0 unspecified atom stereocenters. The third-order valence-electron chi connectivity index (χ3n) is 2.30. The molecule has 1 N–H and O–H groups in total. The Hall–Kier alpha value is -1.69. The molecule has 6 heteroatoms. The maximum absolute atomic E-state index is 12.0. The van der Waals surface area contributed by atoms with E-state index in [1.54, 1.807) is 0 Å². The van der Waals surface area contributed by atoms with Gasteiger partial charge in [0.25, 0.3) is 0 Å². The molecule has 0 amide bonds. The normalized spacial score (nSPS) is 11.2. The first kappa shape index (κ1) is 16.4. The largest absolute Gasteiger partial charge is 0.573 e. The van der Waals surface area contributed by atoms with Crippen LogP contribution in [-0.4, -0.2) is 26.1 Å². The molecule has 0 saturated heterocycles. The first-order chi connectivity index (χ1) is 9.40. The molecule has 0 bridgehead atoms. The van der Waals surface area contributed by atoms with Crippen LogP contribution < -0.4 is 14.8 Å². The summed E-state index contributed by atoms with van der Waals surface area (Å²) in [4.78, 5) is 0. The second-order valence-corrected chi connectivity index (χ2v) is 4.23. The monoisotopic (exact) mass is 289 g/mol. The lowest BCUT2D eigenvalue weighted by Gasteiger charge is -2.11. The van der Waals surface area contributed by atoms with E-state index < -0.39 is 6.36 Å². The lowest BCUT2D eigenvalue weighted by Crippen LogP contribution is -2.20. The highest BCUT2D eigenvalue weighted by Crippen LogP contribution is 2.24. The van der Waals surface area contributed by atoms with E-state index in [9.17, 15) is 13.2 Å². The minimum atomic E-state index is -4.68. The van der Waals surface area contributed by atoms with E-state index >= 15 is 0 Å². The fourth-order valence-corrected chi connectivity index (χ4v) is 1.42. The predicted octanol–water partition coefficient (Wildman–Crippen LogP) is 3.52. The van der Waals surface area contributed by atoms with Crippen LogP contribution in [0.15, 0.2) is 36.4 Å². The summed E-state index contributed by atoms with van der Waals surface area (Å²) in [5.41, 5.74) is 0.870. The fourth-order valence-electron chi connectivity index (χ4n) is 1.42. The van der Waals surface area contributed by atoms with Gasteiger partial charge in [0.1, 0.15) is 18.1 Å². The fraction of sp³-hybridized carbons (Fsp3) is 0.429. The van der Waals surface area contributed by atoms with Gasteiger partial charge >= 0.3 is 6.36 Å². The molecule has 3 nitrogen and oxygen atoms in total. The summed E-state index contributed by atoms with van der Waals surface area (Å²) in [6, 6.07) is 5.27. The summed E-state index contributed by atoms with van der Waals surface area (Å²) >= 11 is 0. The zero-order chi connectivity index (χ0) is 15.0. The van der Waals surface area contributed by atoms with Gasteiger partial charge in [0.05, 0.1) is 0 Å². The molecule has 20 heavy (non-hydrogen) atoms. The van der Waals surface area contributed by atoms with Crippen LogP contribution in [0.4, 0.5) is 13.2 Å². The van der Waals surface area contributed by atoms with E-state index in [-0.39, 0.29) is 5.75 Å². The summed E-state index contributed by atoms with van der Waals surface area (Å²) in [5, 5.41) is 3.18. The Morgan fingerprint density at radius 2 is 1.80 bits per heavy atom. The zero-order valence-electron chi connectivity index (χ0n) is 11.3. The summed E-state index contributed by atoms with van der Waals surface area (Å²) in [5.74, 6) is 0.199. The van der Waals surface area contributed by atoms with Crippen LogP contribution in [0.5, 0.6) is 11.5 Å². The molecular weight excluding hydrogens is 271 g/mol. The van der Waals surface area contributed by atoms with Crippen molar-refractivity contribution in [2.45, 2.75) is 19.7 Å². The van der Waals surface area contributed by atoms with E-state index in [0.29, 0.717) is 18.9 Å². The number of hydrogen-bond donors (Lipinski definition) is 1. The van der Waals surface area contributed by atoms with Gasteiger partial charge in [0.15, 0.2) is 0 Å². The molecule has 0 spiro atoms. The van der Waals surface area contributed by atoms with Crippen LogP contribution in [0.1, 0.15) is 13.3 Å².